The minimum Gasteiger partial charge on any atom is -0.237 e. The monoisotopic (exact) mass is 566 g/mol. The topological polar surface area (TPSA) is 102 Å². The summed E-state index contributed by atoms with van der Waals surface area (Å²) in [5.74, 6) is 0.155. The van der Waals surface area contributed by atoms with E-state index in [1.54, 1.807) is 30.3 Å². The largest absolute Gasteiger partial charge is 0.279 e. The van der Waals surface area contributed by atoms with Gasteiger partial charge in [-0.25, -0.2) is 4.98 Å². The van der Waals surface area contributed by atoms with Gasteiger partial charge in [-0.05, 0) is 59.1 Å². The van der Waals surface area contributed by atoms with Crippen LogP contribution >= 0.6 is 0 Å². The zero-order valence-electron chi connectivity index (χ0n) is 23.1. The van der Waals surface area contributed by atoms with Crippen LogP contribution in [0.1, 0.15) is 77.1 Å². The molecule has 1 aliphatic rings. The van der Waals surface area contributed by atoms with Gasteiger partial charge in [-0.3, -0.25) is 0 Å². The van der Waals surface area contributed by atoms with E-state index in [0.29, 0.717) is 9.36 Å². The summed E-state index contributed by atoms with van der Waals surface area (Å²) in [7, 11) is -9.18. The Bertz CT molecular complexity index is 1650. The van der Waals surface area contributed by atoms with E-state index in [0.717, 1.165) is 29.7 Å². The molecule has 39 heavy (non-hydrogen) atoms. The Hall–Kier alpha value is -3.24. The first kappa shape index (κ1) is 27.3. The van der Waals surface area contributed by atoms with Crippen molar-refractivity contribution in [2.45, 2.75) is 80.9 Å². The summed E-state index contributed by atoms with van der Waals surface area (Å²) in [6, 6.07) is 15.9. The Balaban J connectivity index is 1.71. The molecule has 0 amide bonds. The zero-order valence-corrected chi connectivity index (χ0v) is 24.7. The van der Waals surface area contributed by atoms with Gasteiger partial charge >= 0.3 is 0 Å². The highest BCUT2D eigenvalue weighted by Gasteiger charge is 2.39. The van der Waals surface area contributed by atoms with Crippen LogP contribution in [0.15, 0.2) is 76.7 Å². The van der Waals surface area contributed by atoms with Crippen LogP contribution in [-0.2, 0) is 30.9 Å². The van der Waals surface area contributed by atoms with Crippen molar-refractivity contribution >= 4 is 31.5 Å². The second-order valence-corrected chi connectivity index (χ2v) is 16.0. The average Bonchev–Trinajstić information content (AvgIpc) is 3.61. The molecule has 2 aromatic heterocycles. The maximum Gasteiger partial charge on any atom is 0.279 e. The quantitative estimate of drug-likeness (QED) is 0.293. The molecule has 0 saturated heterocycles. The molecule has 5 rings (SSSR count). The molecule has 0 aliphatic heterocycles. The molecule has 10 heteroatoms. The molecule has 0 atom stereocenters. The Morgan fingerprint density at radius 2 is 1.21 bits per heavy atom. The molecule has 2 aromatic carbocycles. The molecule has 1 saturated carbocycles. The van der Waals surface area contributed by atoms with E-state index in [2.05, 4.69) is 10.1 Å². The Morgan fingerprint density at radius 3 is 1.62 bits per heavy atom. The molecule has 1 fully saturated rings. The summed E-state index contributed by atoms with van der Waals surface area (Å²) < 4.78 is 58.7. The third kappa shape index (κ3) is 5.07. The predicted molar refractivity (Wildman–Crippen MR) is 152 cm³/mol. The van der Waals surface area contributed by atoms with Crippen molar-refractivity contribution in [3.8, 4) is 0 Å². The van der Waals surface area contributed by atoms with Crippen LogP contribution < -0.4 is 3.71 Å². The molecule has 0 N–H and O–H groups in total. The lowest BCUT2D eigenvalue weighted by Gasteiger charge is -2.25. The van der Waals surface area contributed by atoms with Crippen molar-refractivity contribution in [2.24, 2.45) is 0 Å². The lowest BCUT2D eigenvalue weighted by Crippen LogP contribution is -2.38. The van der Waals surface area contributed by atoms with Gasteiger partial charge in [0.1, 0.15) is 0 Å². The summed E-state index contributed by atoms with van der Waals surface area (Å²) in [5.41, 5.74) is 2.62. The van der Waals surface area contributed by atoms with Crippen molar-refractivity contribution in [1.29, 1.82) is 0 Å². The lowest BCUT2D eigenvalue weighted by molar-refractivity contribution is 0.578. The van der Waals surface area contributed by atoms with Crippen LogP contribution in [0, 0.1) is 0 Å². The maximum absolute atomic E-state index is 14.2. The number of anilines is 1. The second kappa shape index (κ2) is 9.16. The molecular weight excluding hydrogens is 532 g/mol. The molecule has 1 aliphatic carbocycles. The van der Waals surface area contributed by atoms with E-state index in [1.165, 1.54) is 41.0 Å². The highest BCUT2D eigenvalue weighted by molar-refractivity contribution is 8.10. The average molecular weight is 567 g/mol. The third-order valence-corrected chi connectivity index (χ3v) is 11.2. The van der Waals surface area contributed by atoms with E-state index < -0.39 is 20.0 Å². The van der Waals surface area contributed by atoms with Gasteiger partial charge in [-0.15, -0.1) is 3.71 Å². The van der Waals surface area contributed by atoms with E-state index in [9.17, 15) is 16.8 Å². The van der Waals surface area contributed by atoms with Crippen LogP contribution in [0.5, 0.6) is 0 Å². The molecule has 0 unspecified atom stereocenters. The SMILES string of the molecule is CC(C)(C)c1ccc(S(=O)(=O)N(c2ccnc3cc(C4CC4)nn23)S(=O)(=O)c2ccc(C(C)(C)C)cc2)cc1. The fraction of sp³-hybridized carbons (Fsp3) is 0.379. The smallest absolute Gasteiger partial charge is 0.237 e. The van der Waals surface area contributed by atoms with Gasteiger partial charge in [0.15, 0.2) is 11.5 Å². The fourth-order valence-electron chi connectivity index (χ4n) is 4.44. The van der Waals surface area contributed by atoms with Crippen molar-refractivity contribution < 1.29 is 16.8 Å². The minimum absolute atomic E-state index is 0.119. The van der Waals surface area contributed by atoms with Crippen molar-refractivity contribution in [3.05, 3.63) is 83.7 Å². The summed E-state index contributed by atoms with van der Waals surface area (Å²) in [6.45, 7) is 12.2. The summed E-state index contributed by atoms with van der Waals surface area (Å²) >= 11 is 0. The molecular formula is C29H34N4O4S2. The van der Waals surface area contributed by atoms with Gasteiger partial charge in [0.05, 0.1) is 15.5 Å². The predicted octanol–water partition coefficient (Wildman–Crippen LogP) is 5.79. The molecule has 8 nitrogen and oxygen atoms in total. The highest BCUT2D eigenvalue weighted by Crippen LogP contribution is 2.40. The standard InChI is InChI=1S/C29H34N4O4S2/c1-28(2,3)21-9-13-23(14-10-21)38(34,35)33(39(36,37)24-15-11-22(12-16-24)29(4,5)6)27-17-18-30-26-19-25(20-7-8-20)31-32(26)27/h9-20H,7-8H2,1-6H3. The van der Waals surface area contributed by atoms with Gasteiger partial charge in [0, 0.05) is 24.2 Å². The van der Waals surface area contributed by atoms with Gasteiger partial charge < -0.3 is 0 Å². The first-order valence-corrected chi connectivity index (χ1v) is 15.8. The Kier molecular flexibility index (Phi) is 6.42. The van der Waals surface area contributed by atoms with Gasteiger partial charge in [0.25, 0.3) is 20.0 Å². The molecule has 0 bridgehead atoms. The molecule has 0 radical (unpaired) electrons. The summed E-state index contributed by atoms with van der Waals surface area (Å²) in [5, 5.41) is 4.59. The maximum atomic E-state index is 14.2. The van der Waals surface area contributed by atoms with Gasteiger partial charge in [-0.1, -0.05) is 65.8 Å². The van der Waals surface area contributed by atoms with Crippen LogP contribution in [-0.4, -0.2) is 31.4 Å². The van der Waals surface area contributed by atoms with E-state index in [4.69, 9.17) is 0 Å². The number of hydrogen-bond donors (Lipinski definition) is 0. The highest BCUT2D eigenvalue weighted by atomic mass is 32.3. The van der Waals surface area contributed by atoms with Crippen LogP contribution in [0.4, 0.5) is 5.82 Å². The number of sulfonamides is 2. The summed E-state index contributed by atoms with van der Waals surface area (Å²) in [4.78, 5) is 4.06. The fourth-order valence-corrected chi connectivity index (χ4v) is 8.10. The van der Waals surface area contributed by atoms with Crippen LogP contribution in [0.25, 0.3) is 5.65 Å². The Morgan fingerprint density at radius 1 is 0.744 bits per heavy atom. The molecule has 206 valence electrons. The number of aromatic nitrogens is 3. The zero-order chi connectivity index (χ0) is 28.4. The number of nitrogens with zero attached hydrogens (tertiary/aromatic N) is 4. The Labute approximate surface area is 230 Å². The normalized spacial score (nSPS) is 15.0. The van der Waals surface area contributed by atoms with Gasteiger partial charge in [0.2, 0.25) is 0 Å². The van der Waals surface area contributed by atoms with E-state index in [-0.39, 0.29) is 32.4 Å². The van der Waals surface area contributed by atoms with Crippen molar-refractivity contribution in [3.63, 3.8) is 0 Å². The van der Waals surface area contributed by atoms with Crippen LogP contribution in [0.3, 0.4) is 0 Å². The number of rotatable bonds is 6. The van der Waals surface area contributed by atoms with Gasteiger partial charge in [-0.2, -0.15) is 26.4 Å². The third-order valence-electron chi connectivity index (χ3n) is 7.01. The number of fused-ring (bicyclic) bond motifs is 1. The lowest BCUT2D eigenvalue weighted by atomic mass is 9.87. The van der Waals surface area contributed by atoms with Crippen LogP contribution in [0.2, 0.25) is 0 Å². The number of benzene rings is 2. The first-order chi connectivity index (χ1) is 18.1. The first-order valence-electron chi connectivity index (χ1n) is 13.0. The van der Waals surface area contributed by atoms with E-state index in [1.807, 2.05) is 41.5 Å². The van der Waals surface area contributed by atoms with Crippen molar-refractivity contribution in [1.82, 2.24) is 14.6 Å². The molecule has 2 heterocycles. The minimum atomic E-state index is -4.59. The summed E-state index contributed by atoms with van der Waals surface area (Å²) in [6.07, 6.45) is 3.38. The van der Waals surface area contributed by atoms with Crippen molar-refractivity contribution in [2.75, 3.05) is 3.71 Å². The number of hydrogen-bond acceptors (Lipinski definition) is 6. The molecule has 4 aromatic rings. The van der Waals surface area contributed by atoms with E-state index >= 15 is 0 Å². The second-order valence-electron chi connectivity index (χ2n) is 12.2. The molecule has 0 spiro atoms.